The summed E-state index contributed by atoms with van der Waals surface area (Å²) in [4.78, 5) is 13.4. The van der Waals surface area contributed by atoms with Crippen molar-refractivity contribution in [3.05, 3.63) is 0 Å². The van der Waals surface area contributed by atoms with E-state index in [1.807, 2.05) is 0 Å². The summed E-state index contributed by atoms with van der Waals surface area (Å²) < 4.78 is 41.1. The molecule has 0 aromatic heterocycles. The van der Waals surface area contributed by atoms with Gasteiger partial charge in [0.15, 0.2) is 0 Å². The molecule has 1 N–H and O–H groups in total. The van der Waals surface area contributed by atoms with Crippen LogP contribution in [0.3, 0.4) is 0 Å². The molecule has 0 bridgehead atoms. The van der Waals surface area contributed by atoms with Crippen LogP contribution >= 0.6 is 11.8 Å². The monoisotopic (exact) mass is 314 g/mol. The Morgan fingerprint density at radius 2 is 2.05 bits per heavy atom. The first-order valence-corrected chi connectivity index (χ1v) is 7.47. The molecule has 0 radical (unpaired) electrons. The molecule has 1 rings (SSSR count). The Morgan fingerprint density at radius 3 is 2.60 bits per heavy atom. The Labute approximate surface area is 121 Å². The summed E-state index contributed by atoms with van der Waals surface area (Å²) in [5.41, 5.74) is -4.72. The van der Waals surface area contributed by atoms with Gasteiger partial charge in [-0.3, -0.25) is 0 Å². The number of alkyl halides is 3. The highest BCUT2D eigenvalue weighted by atomic mass is 32.2. The molecule has 0 aromatic rings. The number of nitrogens with one attached hydrogen (secondary N) is 1. The van der Waals surface area contributed by atoms with Crippen LogP contribution in [0, 0.1) is 0 Å². The van der Waals surface area contributed by atoms with Crippen molar-refractivity contribution >= 4 is 17.9 Å². The molecule has 118 valence electrons. The van der Waals surface area contributed by atoms with Crippen LogP contribution in [-0.2, 0) is 4.74 Å². The first-order valence-electron chi connectivity index (χ1n) is 6.49. The third kappa shape index (κ3) is 7.23. The fraction of sp³-hybridized carbons (Fsp3) is 0.917. The molecule has 0 aromatic carbocycles. The van der Waals surface area contributed by atoms with Crippen molar-refractivity contribution in [2.24, 2.45) is 0 Å². The summed E-state index contributed by atoms with van der Waals surface area (Å²) in [6.07, 6.45) is 0.363. The van der Waals surface area contributed by atoms with Crippen LogP contribution in [0.15, 0.2) is 0 Å². The first-order chi connectivity index (χ1) is 9.07. The largest absolute Gasteiger partial charge is 0.444 e. The van der Waals surface area contributed by atoms with Crippen LogP contribution in [-0.4, -0.2) is 53.5 Å². The van der Waals surface area contributed by atoms with Crippen molar-refractivity contribution in [3.63, 3.8) is 0 Å². The average Bonchev–Trinajstić information content (AvgIpc) is 2.69. The number of carbonyl (C=O) groups excluding carboxylic acids is 1. The average molecular weight is 314 g/mol. The van der Waals surface area contributed by atoms with Crippen molar-refractivity contribution in [2.45, 2.75) is 44.3 Å². The molecule has 0 aliphatic carbocycles. The predicted octanol–water partition coefficient (Wildman–Crippen LogP) is 2.84. The molecular formula is C12H21F3N2O2S. The molecule has 0 spiro atoms. The smallest absolute Gasteiger partial charge is 0.441 e. The van der Waals surface area contributed by atoms with Crippen LogP contribution in [0.5, 0.6) is 0 Å². The van der Waals surface area contributed by atoms with E-state index in [4.69, 9.17) is 4.74 Å². The summed E-state index contributed by atoms with van der Waals surface area (Å²) >= 11 is -0.0358. The zero-order valence-corrected chi connectivity index (χ0v) is 12.7. The van der Waals surface area contributed by atoms with E-state index >= 15 is 0 Å². The molecule has 20 heavy (non-hydrogen) atoms. The number of halogens is 3. The lowest BCUT2D eigenvalue weighted by Crippen LogP contribution is -2.38. The van der Waals surface area contributed by atoms with E-state index in [0.717, 1.165) is 6.42 Å². The molecule has 4 nitrogen and oxygen atoms in total. The van der Waals surface area contributed by atoms with Gasteiger partial charge in [-0.2, -0.15) is 13.2 Å². The quantitative estimate of drug-likeness (QED) is 0.810. The van der Waals surface area contributed by atoms with Gasteiger partial charge in [0.25, 0.3) is 0 Å². The summed E-state index contributed by atoms with van der Waals surface area (Å²) in [6.45, 7) is 6.71. The minimum Gasteiger partial charge on any atom is -0.444 e. The van der Waals surface area contributed by atoms with Gasteiger partial charge in [-0.15, -0.1) is 0 Å². The molecule has 1 atom stereocenters. The normalized spacial score (nSPS) is 20.3. The minimum absolute atomic E-state index is 0.0214. The van der Waals surface area contributed by atoms with E-state index < -0.39 is 11.1 Å². The summed E-state index contributed by atoms with van der Waals surface area (Å²) in [7, 11) is 0. The van der Waals surface area contributed by atoms with E-state index in [2.05, 4.69) is 5.32 Å². The molecule has 1 fully saturated rings. The third-order valence-corrected chi connectivity index (χ3v) is 3.38. The van der Waals surface area contributed by atoms with Crippen LogP contribution in [0.4, 0.5) is 18.0 Å². The van der Waals surface area contributed by atoms with Crippen LogP contribution in [0.1, 0.15) is 27.2 Å². The third-order valence-electron chi connectivity index (χ3n) is 2.64. The second kappa shape index (κ2) is 6.89. The fourth-order valence-corrected chi connectivity index (χ4v) is 2.30. The van der Waals surface area contributed by atoms with Gasteiger partial charge in [0.1, 0.15) is 5.60 Å². The lowest BCUT2D eigenvalue weighted by molar-refractivity contribution is -0.0327. The molecule has 1 saturated heterocycles. The standard InChI is InChI=1S/C12H21F3N2O2S/c1-11(2,3)19-10(18)17-6-4-9(8-17)16-5-7-20-12(13,14)15/h9,16H,4-8H2,1-3H3. The second-order valence-electron chi connectivity index (χ2n) is 5.66. The van der Waals surface area contributed by atoms with Gasteiger partial charge in [-0.25, -0.2) is 4.79 Å². The van der Waals surface area contributed by atoms with Crippen molar-refractivity contribution in [1.29, 1.82) is 0 Å². The molecule has 1 aliphatic heterocycles. The molecule has 8 heteroatoms. The Balaban J connectivity index is 2.22. The van der Waals surface area contributed by atoms with Gasteiger partial charge >= 0.3 is 11.6 Å². The fourth-order valence-electron chi connectivity index (χ4n) is 1.85. The van der Waals surface area contributed by atoms with Crippen LogP contribution in [0.2, 0.25) is 0 Å². The first kappa shape index (κ1) is 17.4. The molecule has 1 aliphatic rings. The number of ether oxygens (including phenoxy) is 1. The number of rotatable bonds is 4. The molecule has 1 amide bonds. The Bertz CT molecular complexity index is 332. The number of likely N-dealkylation sites (tertiary alicyclic amines) is 1. The number of amides is 1. The van der Waals surface area contributed by atoms with Gasteiger partial charge < -0.3 is 15.0 Å². The topological polar surface area (TPSA) is 41.6 Å². The Morgan fingerprint density at radius 1 is 1.40 bits per heavy atom. The van der Waals surface area contributed by atoms with E-state index in [1.54, 1.807) is 25.7 Å². The second-order valence-corrected chi connectivity index (χ2v) is 6.82. The van der Waals surface area contributed by atoms with Gasteiger partial charge in [-0.1, -0.05) is 0 Å². The molecule has 1 unspecified atom stereocenters. The van der Waals surface area contributed by atoms with E-state index in [0.29, 0.717) is 13.1 Å². The molecular weight excluding hydrogens is 293 g/mol. The van der Waals surface area contributed by atoms with E-state index in [1.165, 1.54) is 0 Å². The van der Waals surface area contributed by atoms with Crippen molar-refractivity contribution in [3.8, 4) is 0 Å². The lowest BCUT2D eigenvalue weighted by Gasteiger charge is -2.24. The summed E-state index contributed by atoms with van der Waals surface area (Å²) in [5.74, 6) is -0.0214. The maximum atomic E-state index is 11.9. The van der Waals surface area contributed by atoms with Gasteiger partial charge in [0.05, 0.1) is 0 Å². The maximum Gasteiger partial charge on any atom is 0.441 e. The summed E-state index contributed by atoms with van der Waals surface area (Å²) in [5, 5.41) is 3.03. The predicted molar refractivity (Wildman–Crippen MR) is 72.7 cm³/mol. The highest BCUT2D eigenvalue weighted by Crippen LogP contribution is 2.29. The minimum atomic E-state index is -4.18. The number of hydrogen-bond donors (Lipinski definition) is 1. The Kier molecular flexibility index (Phi) is 6.00. The van der Waals surface area contributed by atoms with Crippen LogP contribution in [0.25, 0.3) is 0 Å². The lowest BCUT2D eigenvalue weighted by atomic mass is 10.2. The van der Waals surface area contributed by atoms with Gasteiger partial charge in [0, 0.05) is 31.4 Å². The zero-order chi connectivity index (χ0) is 15.4. The maximum absolute atomic E-state index is 11.9. The molecule has 0 saturated carbocycles. The van der Waals surface area contributed by atoms with Gasteiger partial charge in [-0.05, 0) is 39.0 Å². The van der Waals surface area contributed by atoms with E-state index in [-0.39, 0.29) is 36.2 Å². The number of carbonyl (C=O) groups is 1. The number of nitrogens with zero attached hydrogens (tertiary/aromatic N) is 1. The Hall–Kier alpha value is -0.630. The SMILES string of the molecule is CC(C)(C)OC(=O)N1CCC(NCCSC(F)(F)F)C1. The highest BCUT2D eigenvalue weighted by Gasteiger charge is 2.30. The molecule has 1 heterocycles. The van der Waals surface area contributed by atoms with Crippen molar-refractivity contribution < 1.29 is 22.7 Å². The van der Waals surface area contributed by atoms with Crippen LogP contribution < -0.4 is 5.32 Å². The van der Waals surface area contributed by atoms with Crippen molar-refractivity contribution in [2.75, 3.05) is 25.4 Å². The zero-order valence-electron chi connectivity index (χ0n) is 11.9. The van der Waals surface area contributed by atoms with Gasteiger partial charge in [0.2, 0.25) is 0 Å². The van der Waals surface area contributed by atoms with Crippen molar-refractivity contribution in [1.82, 2.24) is 10.2 Å². The number of hydrogen-bond acceptors (Lipinski definition) is 4. The summed E-state index contributed by atoms with van der Waals surface area (Å²) in [6, 6.07) is 0.0383. The highest BCUT2D eigenvalue weighted by molar-refractivity contribution is 8.00. The van der Waals surface area contributed by atoms with E-state index in [9.17, 15) is 18.0 Å². The number of thioether (sulfide) groups is 1.